The quantitative estimate of drug-likeness (QED) is 0.538. The van der Waals surface area contributed by atoms with Crippen molar-refractivity contribution in [3.63, 3.8) is 0 Å². The molecule has 0 saturated carbocycles. The SMILES string of the molecule is Cc1occc1SCCCCC(C)(NC(C)C)C(=O)O. The van der Waals surface area contributed by atoms with E-state index in [0.717, 1.165) is 24.4 Å². The molecule has 20 heavy (non-hydrogen) atoms. The Bertz CT molecular complexity index is 431. The molecule has 0 aliphatic heterocycles. The molecule has 5 heteroatoms. The summed E-state index contributed by atoms with van der Waals surface area (Å²) in [6.45, 7) is 7.66. The summed E-state index contributed by atoms with van der Waals surface area (Å²) in [6, 6.07) is 2.14. The molecule has 0 amide bonds. The van der Waals surface area contributed by atoms with Crippen LogP contribution < -0.4 is 5.32 Å². The first-order valence-corrected chi connectivity index (χ1v) is 8.01. The van der Waals surface area contributed by atoms with Gasteiger partial charge in [-0.3, -0.25) is 10.1 Å². The number of nitrogens with one attached hydrogen (secondary N) is 1. The van der Waals surface area contributed by atoms with Crippen molar-refractivity contribution in [1.29, 1.82) is 0 Å². The maximum absolute atomic E-state index is 11.4. The minimum absolute atomic E-state index is 0.166. The summed E-state index contributed by atoms with van der Waals surface area (Å²) in [7, 11) is 0. The molecule has 1 atom stereocenters. The van der Waals surface area contributed by atoms with E-state index in [-0.39, 0.29) is 6.04 Å². The molecule has 0 radical (unpaired) electrons. The molecule has 1 heterocycles. The Balaban J connectivity index is 2.31. The molecule has 0 bridgehead atoms. The fourth-order valence-electron chi connectivity index (χ4n) is 2.16. The van der Waals surface area contributed by atoms with Crippen molar-refractivity contribution in [3.05, 3.63) is 18.1 Å². The van der Waals surface area contributed by atoms with Gasteiger partial charge in [0.2, 0.25) is 0 Å². The highest BCUT2D eigenvalue weighted by atomic mass is 32.2. The van der Waals surface area contributed by atoms with E-state index in [2.05, 4.69) is 5.32 Å². The Labute approximate surface area is 125 Å². The van der Waals surface area contributed by atoms with Gasteiger partial charge < -0.3 is 9.52 Å². The molecule has 0 aromatic carbocycles. The number of hydrogen-bond donors (Lipinski definition) is 2. The molecule has 4 nitrogen and oxygen atoms in total. The molecule has 1 aromatic rings. The number of unbranched alkanes of at least 4 members (excludes halogenated alkanes) is 1. The monoisotopic (exact) mass is 299 g/mol. The molecule has 1 rings (SSSR count). The number of carboxylic acids is 1. The molecule has 0 aliphatic rings. The van der Waals surface area contributed by atoms with Crippen LogP contribution >= 0.6 is 11.8 Å². The van der Waals surface area contributed by atoms with Crippen molar-refractivity contribution in [2.24, 2.45) is 0 Å². The van der Waals surface area contributed by atoms with Gasteiger partial charge in [-0.05, 0) is 52.4 Å². The van der Waals surface area contributed by atoms with E-state index in [0.29, 0.717) is 6.42 Å². The van der Waals surface area contributed by atoms with Gasteiger partial charge in [-0.2, -0.15) is 0 Å². The Kier molecular flexibility index (Phi) is 6.62. The number of rotatable bonds is 9. The second-order valence-electron chi connectivity index (χ2n) is 5.58. The van der Waals surface area contributed by atoms with Gasteiger partial charge in [-0.1, -0.05) is 6.42 Å². The zero-order valence-electron chi connectivity index (χ0n) is 12.7. The molecule has 2 N–H and O–H groups in total. The zero-order valence-corrected chi connectivity index (χ0v) is 13.5. The van der Waals surface area contributed by atoms with Crippen LogP contribution in [0.15, 0.2) is 21.6 Å². The number of hydrogen-bond acceptors (Lipinski definition) is 4. The smallest absolute Gasteiger partial charge is 0.323 e. The predicted molar refractivity (Wildman–Crippen MR) is 82.3 cm³/mol. The molecule has 114 valence electrons. The lowest BCUT2D eigenvalue weighted by Crippen LogP contribution is -2.52. The zero-order chi connectivity index (χ0) is 15.2. The first-order valence-electron chi connectivity index (χ1n) is 7.03. The summed E-state index contributed by atoms with van der Waals surface area (Å²) in [5, 5.41) is 12.5. The number of furan rings is 1. The third kappa shape index (κ3) is 5.21. The van der Waals surface area contributed by atoms with Crippen LogP contribution in [0.3, 0.4) is 0 Å². The second kappa shape index (κ2) is 7.74. The van der Waals surface area contributed by atoms with E-state index in [1.165, 1.54) is 4.90 Å². The van der Waals surface area contributed by atoms with Crippen molar-refractivity contribution >= 4 is 17.7 Å². The predicted octanol–water partition coefficient (Wildman–Crippen LogP) is 3.69. The lowest BCUT2D eigenvalue weighted by molar-refractivity contribution is -0.144. The molecule has 1 unspecified atom stereocenters. The minimum Gasteiger partial charge on any atom is -0.480 e. The Morgan fingerprint density at radius 3 is 2.70 bits per heavy atom. The van der Waals surface area contributed by atoms with Crippen LogP contribution in [0.25, 0.3) is 0 Å². The van der Waals surface area contributed by atoms with Crippen molar-refractivity contribution in [2.75, 3.05) is 5.75 Å². The molecular formula is C15H25NO3S. The van der Waals surface area contributed by atoms with E-state index in [1.54, 1.807) is 24.9 Å². The van der Waals surface area contributed by atoms with Crippen LogP contribution in [0, 0.1) is 6.92 Å². The minimum atomic E-state index is -0.829. The third-order valence-electron chi connectivity index (χ3n) is 3.22. The Hall–Kier alpha value is -0.940. The van der Waals surface area contributed by atoms with Gasteiger partial charge in [0.1, 0.15) is 11.3 Å². The first kappa shape index (κ1) is 17.1. The summed E-state index contributed by atoms with van der Waals surface area (Å²) in [5.41, 5.74) is -0.829. The number of aliphatic carboxylic acids is 1. The fourth-order valence-corrected chi connectivity index (χ4v) is 3.14. The number of aryl methyl sites for hydroxylation is 1. The summed E-state index contributed by atoms with van der Waals surface area (Å²) < 4.78 is 5.24. The van der Waals surface area contributed by atoms with Gasteiger partial charge in [-0.25, -0.2) is 0 Å². The molecule has 0 spiro atoms. The van der Waals surface area contributed by atoms with Crippen LogP contribution in [0.2, 0.25) is 0 Å². The Morgan fingerprint density at radius 2 is 2.20 bits per heavy atom. The maximum Gasteiger partial charge on any atom is 0.323 e. The van der Waals surface area contributed by atoms with Gasteiger partial charge >= 0.3 is 5.97 Å². The number of carbonyl (C=O) groups is 1. The molecule has 1 aromatic heterocycles. The van der Waals surface area contributed by atoms with Crippen molar-refractivity contribution in [3.8, 4) is 0 Å². The van der Waals surface area contributed by atoms with E-state index >= 15 is 0 Å². The molecule has 0 saturated heterocycles. The summed E-state index contributed by atoms with van der Waals surface area (Å²) in [5.74, 6) is 1.16. The lowest BCUT2D eigenvalue weighted by Gasteiger charge is -2.28. The second-order valence-corrected chi connectivity index (χ2v) is 6.72. The van der Waals surface area contributed by atoms with E-state index < -0.39 is 11.5 Å². The van der Waals surface area contributed by atoms with Crippen molar-refractivity contribution in [1.82, 2.24) is 5.32 Å². The number of thioether (sulfide) groups is 1. The average molecular weight is 299 g/mol. The van der Waals surface area contributed by atoms with Gasteiger partial charge in [0, 0.05) is 10.9 Å². The van der Waals surface area contributed by atoms with Gasteiger partial charge in [0.15, 0.2) is 0 Å². The lowest BCUT2D eigenvalue weighted by atomic mass is 9.94. The van der Waals surface area contributed by atoms with Crippen LogP contribution in [0.1, 0.15) is 45.8 Å². The highest BCUT2D eigenvalue weighted by molar-refractivity contribution is 7.99. The van der Waals surface area contributed by atoms with Gasteiger partial charge in [0.25, 0.3) is 0 Å². The standard InChI is InChI=1S/C15H25NO3S/c1-11(2)16-15(4,14(17)18)8-5-6-10-20-13-7-9-19-12(13)3/h7,9,11,16H,5-6,8,10H2,1-4H3,(H,17,18). The molecule has 0 aliphatic carbocycles. The highest BCUT2D eigenvalue weighted by Gasteiger charge is 2.32. The fraction of sp³-hybridized carbons (Fsp3) is 0.667. The summed E-state index contributed by atoms with van der Waals surface area (Å²) >= 11 is 1.76. The van der Waals surface area contributed by atoms with Crippen LogP contribution in [-0.2, 0) is 4.79 Å². The molecular weight excluding hydrogens is 274 g/mol. The molecule has 0 fully saturated rings. The van der Waals surface area contributed by atoms with Crippen molar-refractivity contribution in [2.45, 2.75) is 63.4 Å². The van der Waals surface area contributed by atoms with Gasteiger partial charge in [0.05, 0.1) is 6.26 Å². The maximum atomic E-state index is 11.4. The number of carboxylic acid groups (broad SMARTS) is 1. The normalized spacial score (nSPS) is 14.4. The van der Waals surface area contributed by atoms with Crippen LogP contribution in [0.4, 0.5) is 0 Å². The highest BCUT2D eigenvalue weighted by Crippen LogP contribution is 2.25. The largest absolute Gasteiger partial charge is 0.480 e. The Morgan fingerprint density at radius 1 is 1.50 bits per heavy atom. The van der Waals surface area contributed by atoms with Crippen LogP contribution in [0.5, 0.6) is 0 Å². The third-order valence-corrected chi connectivity index (χ3v) is 4.45. The van der Waals surface area contributed by atoms with Crippen LogP contribution in [-0.4, -0.2) is 28.4 Å². The topological polar surface area (TPSA) is 62.5 Å². The first-order chi connectivity index (χ1) is 9.35. The van der Waals surface area contributed by atoms with Crippen molar-refractivity contribution < 1.29 is 14.3 Å². The summed E-state index contributed by atoms with van der Waals surface area (Å²) in [6.07, 6.45) is 4.24. The van der Waals surface area contributed by atoms with E-state index in [9.17, 15) is 9.90 Å². The van der Waals surface area contributed by atoms with E-state index in [1.807, 2.05) is 26.8 Å². The van der Waals surface area contributed by atoms with Gasteiger partial charge in [-0.15, -0.1) is 11.8 Å². The summed E-state index contributed by atoms with van der Waals surface area (Å²) in [4.78, 5) is 12.5. The average Bonchev–Trinajstić information content (AvgIpc) is 2.73. The van der Waals surface area contributed by atoms with E-state index in [4.69, 9.17) is 4.42 Å².